The van der Waals surface area contributed by atoms with E-state index in [-0.39, 0.29) is 12.2 Å². The number of benzene rings is 6. The van der Waals surface area contributed by atoms with Gasteiger partial charge in [-0.2, -0.15) is 0 Å². The molecule has 9 rings (SSSR count). The topological polar surface area (TPSA) is 43.5 Å². The van der Waals surface area contributed by atoms with Crippen LogP contribution >= 0.6 is 0 Å². The van der Waals surface area contributed by atoms with Crippen molar-refractivity contribution >= 4 is 21.5 Å². The highest BCUT2D eigenvalue weighted by atomic mass is 16.6. The van der Waals surface area contributed by atoms with Gasteiger partial charge >= 0.3 is 0 Å². The van der Waals surface area contributed by atoms with Gasteiger partial charge in [0.05, 0.1) is 18.6 Å². The highest BCUT2D eigenvalue weighted by Gasteiger charge is 2.48. The highest BCUT2D eigenvalue weighted by Crippen LogP contribution is 2.60. The lowest BCUT2D eigenvalue weighted by Crippen LogP contribution is -2.29. The normalized spacial score (nSPS) is 19.2. The molecular formula is C39H30O4. The smallest absolute Gasteiger partial charge is 0.119 e. The third-order valence-electron chi connectivity index (χ3n) is 9.15. The molecule has 2 aliphatic heterocycles. The molecule has 4 nitrogen and oxygen atoms in total. The van der Waals surface area contributed by atoms with Gasteiger partial charge in [0, 0.05) is 0 Å². The van der Waals surface area contributed by atoms with Gasteiger partial charge in [0.2, 0.25) is 0 Å². The molecule has 1 aliphatic carbocycles. The summed E-state index contributed by atoms with van der Waals surface area (Å²) in [6.45, 7) is 2.72. The van der Waals surface area contributed by atoms with E-state index in [1.165, 1.54) is 54.9 Å². The minimum absolute atomic E-state index is 0.213. The lowest BCUT2D eigenvalue weighted by molar-refractivity contribution is 0.263. The maximum atomic E-state index is 6.08. The largest absolute Gasteiger partial charge is 0.491 e. The van der Waals surface area contributed by atoms with Gasteiger partial charge < -0.3 is 18.9 Å². The molecule has 0 saturated carbocycles. The fourth-order valence-corrected chi connectivity index (χ4v) is 6.98. The van der Waals surface area contributed by atoms with Crippen molar-refractivity contribution in [2.24, 2.45) is 0 Å². The first-order valence-corrected chi connectivity index (χ1v) is 15.0. The molecule has 0 N–H and O–H groups in total. The van der Waals surface area contributed by atoms with Gasteiger partial charge in [0.15, 0.2) is 0 Å². The minimum Gasteiger partial charge on any atom is -0.491 e. The Morgan fingerprint density at radius 2 is 0.930 bits per heavy atom. The van der Waals surface area contributed by atoms with E-state index in [1.807, 2.05) is 0 Å². The second-order valence-electron chi connectivity index (χ2n) is 11.7. The molecule has 43 heavy (non-hydrogen) atoms. The van der Waals surface area contributed by atoms with Crippen LogP contribution < -0.4 is 9.47 Å². The molecule has 0 spiro atoms. The van der Waals surface area contributed by atoms with Crippen LogP contribution in [0.1, 0.15) is 22.3 Å². The Kier molecular flexibility index (Phi) is 5.62. The number of ether oxygens (including phenoxy) is 4. The van der Waals surface area contributed by atoms with Gasteiger partial charge in [-0.05, 0) is 79.2 Å². The predicted octanol–water partition coefficient (Wildman–Crippen LogP) is 7.91. The van der Waals surface area contributed by atoms with E-state index < -0.39 is 5.41 Å². The molecule has 210 valence electrons. The predicted molar refractivity (Wildman–Crippen MR) is 169 cm³/mol. The third kappa shape index (κ3) is 4.05. The highest BCUT2D eigenvalue weighted by molar-refractivity contribution is 6.06. The lowest BCUT2D eigenvalue weighted by atomic mass is 9.66. The summed E-state index contributed by atoms with van der Waals surface area (Å²) in [6, 6.07) is 44.1. The summed E-state index contributed by atoms with van der Waals surface area (Å²) >= 11 is 0. The van der Waals surface area contributed by atoms with Crippen LogP contribution in [0.4, 0.5) is 0 Å². The van der Waals surface area contributed by atoms with Gasteiger partial charge in [-0.3, -0.25) is 0 Å². The van der Waals surface area contributed by atoms with Crippen molar-refractivity contribution in [2.45, 2.75) is 17.6 Å². The molecule has 4 heteroatoms. The zero-order valence-corrected chi connectivity index (χ0v) is 23.7. The van der Waals surface area contributed by atoms with Crippen LogP contribution in [-0.2, 0) is 14.9 Å². The van der Waals surface area contributed by atoms with Gasteiger partial charge in [0.25, 0.3) is 0 Å². The van der Waals surface area contributed by atoms with Gasteiger partial charge in [0.1, 0.15) is 36.9 Å². The maximum Gasteiger partial charge on any atom is 0.119 e. The van der Waals surface area contributed by atoms with Gasteiger partial charge in [-0.25, -0.2) is 0 Å². The molecule has 2 fully saturated rings. The Hall–Kier alpha value is -4.64. The summed E-state index contributed by atoms with van der Waals surface area (Å²) in [5.74, 6) is 1.71. The van der Waals surface area contributed by atoms with E-state index in [4.69, 9.17) is 18.9 Å². The first-order valence-electron chi connectivity index (χ1n) is 15.0. The molecule has 6 aromatic carbocycles. The summed E-state index contributed by atoms with van der Waals surface area (Å²) in [6.07, 6.45) is 0.425. The SMILES string of the molecule is c1ccc2c3c(ccc2c1)-c1ccc2ccccc2c1C3(c1ccc(OCC2CO2)cc1)c1ccc(OC[C@H]2CO2)cc1. The fraction of sp³-hybridized carbons (Fsp3) is 0.179. The molecule has 2 atom stereocenters. The molecular weight excluding hydrogens is 532 g/mol. The number of rotatable bonds is 8. The number of hydrogen-bond acceptors (Lipinski definition) is 4. The second kappa shape index (κ2) is 9.70. The lowest BCUT2D eigenvalue weighted by Gasteiger charge is -2.35. The Bertz CT molecular complexity index is 1840. The van der Waals surface area contributed by atoms with Crippen molar-refractivity contribution in [3.05, 3.63) is 144 Å². The molecule has 0 amide bonds. The number of fused-ring (bicyclic) bond motifs is 7. The van der Waals surface area contributed by atoms with E-state index in [2.05, 4.69) is 121 Å². The monoisotopic (exact) mass is 562 g/mol. The van der Waals surface area contributed by atoms with Crippen molar-refractivity contribution in [1.29, 1.82) is 0 Å². The Labute approximate surface area is 250 Å². The fourth-order valence-electron chi connectivity index (χ4n) is 6.98. The van der Waals surface area contributed by atoms with E-state index in [1.54, 1.807) is 0 Å². The summed E-state index contributed by atoms with van der Waals surface area (Å²) in [5.41, 5.74) is 7.02. The van der Waals surface area contributed by atoms with E-state index in [9.17, 15) is 0 Å². The average Bonchev–Trinajstić information content (AvgIpc) is 4.01. The molecule has 2 saturated heterocycles. The summed E-state index contributed by atoms with van der Waals surface area (Å²) < 4.78 is 22.9. The molecule has 0 bridgehead atoms. The molecule has 0 aromatic heterocycles. The molecule has 6 aromatic rings. The van der Waals surface area contributed by atoms with Crippen LogP contribution in [0, 0.1) is 0 Å². The number of epoxide rings is 2. The van der Waals surface area contributed by atoms with E-state index in [0.717, 1.165) is 24.7 Å². The zero-order valence-electron chi connectivity index (χ0n) is 23.7. The van der Waals surface area contributed by atoms with Crippen molar-refractivity contribution in [1.82, 2.24) is 0 Å². The summed E-state index contributed by atoms with van der Waals surface area (Å²) in [7, 11) is 0. The second-order valence-corrected chi connectivity index (χ2v) is 11.7. The quantitative estimate of drug-likeness (QED) is 0.177. The van der Waals surface area contributed by atoms with Crippen LogP contribution in [-0.4, -0.2) is 38.6 Å². The Morgan fingerprint density at radius 1 is 0.512 bits per heavy atom. The van der Waals surface area contributed by atoms with Crippen LogP contribution in [0.3, 0.4) is 0 Å². The summed E-state index contributed by atoms with van der Waals surface area (Å²) in [5, 5.41) is 4.99. The average molecular weight is 563 g/mol. The molecule has 1 unspecified atom stereocenters. The van der Waals surface area contributed by atoms with E-state index >= 15 is 0 Å². The van der Waals surface area contributed by atoms with Crippen LogP contribution in [0.15, 0.2) is 121 Å². The number of hydrogen-bond donors (Lipinski definition) is 0. The van der Waals surface area contributed by atoms with Crippen LogP contribution in [0.5, 0.6) is 11.5 Å². The van der Waals surface area contributed by atoms with Gasteiger partial charge in [-0.1, -0.05) is 97.1 Å². The first-order chi connectivity index (χ1) is 21.3. The van der Waals surface area contributed by atoms with Gasteiger partial charge in [-0.15, -0.1) is 0 Å². The van der Waals surface area contributed by atoms with E-state index in [0.29, 0.717) is 13.2 Å². The third-order valence-corrected chi connectivity index (χ3v) is 9.15. The Balaban J connectivity index is 1.33. The van der Waals surface area contributed by atoms with Crippen LogP contribution in [0.25, 0.3) is 32.7 Å². The Morgan fingerprint density at radius 3 is 1.35 bits per heavy atom. The van der Waals surface area contributed by atoms with Crippen LogP contribution in [0.2, 0.25) is 0 Å². The van der Waals surface area contributed by atoms with Crippen molar-refractivity contribution in [3.8, 4) is 22.6 Å². The minimum atomic E-state index is -0.567. The zero-order chi connectivity index (χ0) is 28.4. The first kappa shape index (κ1) is 24.9. The molecule has 2 heterocycles. The summed E-state index contributed by atoms with van der Waals surface area (Å²) in [4.78, 5) is 0. The van der Waals surface area contributed by atoms with Crippen molar-refractivity contribution in [2.75, 3.05) is 26.4 Å². The molecule has 3 aliphatic rings. The maximum absolute atomic E-state index is 6.08. The standard InChI is InChI=1S/C39H30O4/c1-3-7-33-25(5-1)9-19-35-36-20-10-26-6-2-4-8-34(26)38(36)39(37(33)35,27-11-15-29(16-12-27)40-21-31-23-42-31)28-13-17-30(18-14-28)41-22-32-24-43-32/h1-20,31-32H,21-24H2/t31-,32?/m0/s1. The van der Waals surface area contributed by atoms with Crippen molar-refractivity contribution in [3.63, 3.8) is 0 Å². The molecule has 0 radical (unpaired) electrons. The van der Waals surface area contributed by atoms with Crippen molar-refractivity contribution < 1.29 is 18.9 Å².